The number of para-hydroxylation sites is 1. The molecule has 8 heteroatoms. The van der Waals surface area contributed by atoms with Gasteiger partial charge in [0.15, 0.2) is 15.9 Å². The van der Waals surface area contributed by atoms with E-state index in [2.05, 4.69) is 15.0 Å². The number of aryl methyl sites for hydroxylation is 1. The van der Waals surface area contributed by atoms with Crippen molar-refractivity contribution < 1.29 is 4.92 Å². The third-order valence-corrected chi connectivity index (χ3v) is 5.19. The van der Waals surface area contributed by atoms with E-state index in [0.717, 1.165) is 14.6 Å². The third kappa shape index (κ3) is 2.77. The van der Waals surface area contributed by atoms with Crippen LogP contribution in [0.25, 0.3) is 10.2 Å². The quantitative estimate of drug-likeness (QED) is 0.444. The zero-order valence-corrected chi connectivity index (χ0v) is 13.0. The zero-order chi connectivity index (χ0) is 15.0. The highest BCUT2D eigenvalue weighted by molar-refractivity contribution is 8.01. The maximum atomic E-state index is 11.0. The number of rotatable bonds is 4. The summed E-state index contributed by atoms with van der Waals surface area (Å²) in [5.74, 6) is 0.516. The molecule has 0 radical (unpaired) electrons. The first-order chi connectivity index (χ1) is 10.0. The molecule has 1 unspecified atom stereocenters. The van der Waals surface area contributed by atoms with Gasteiger partial charge in [0.05, 0.1) is 15.5 Å². The Morgan fingerprint density at radius 3 is 2.86 bits per heavy atom. The van der Waals surface area contributed by atoms with Crippen molar-refractivity contribution in [1.82, 2.24) is 15.0 Å². The molecule has 1 N–H and O–H groups in total. The number of thioether (sulfide) groups is 1. The fourth-order valence-electron chi connectivity index (χ4n) is 2.03. The van der Waals surface area contributed by atoms with Gasteiger partial charge in [-0.1, -0.05) is 23.9 Å². The van der Waals surface area contributed by atoms with E-state index in [0.29, 0.717) is 11.5 Å². The standard InChI is InChI=1S/C13H12N4O2S2/c1-7(11-12(17(18)19)15-8(2)14-11)20-13-16-9-5-3-4-6-10(9)21-13/h3-7H,1-2H3,(H,14,15). The number of thiazole rings is 1. The van der Waals surface area contributed by atoms with Crippen LogP contribution in [-0.2, 0) is 0 Å². The summed E-state index contributed by atoms with van der Waals surface area (Å²) in [4.78, 5) is 22.1. The molecule has 0 aliphatic carbocycles. The molecule has 2 heterocycles. The molecule has 21 heavy (non-hydrogen) atoms. The molecule has 6 nitrogen and oxygen atoms in total. The number of imidazole rings is 1. The van der Waals surface area contributed by atoms with Gasteiger partial charge in [0, 0.05) is 6.92 Å². The number of hydrogen-bond acceptors (Lipinski definition) is 6. The summed E-state index contributed by atoms with van der Waals surface area (Å²) in [6, 6.07) is 7.90. The van der Waals surface area contributed by atoms with Gasteiger partial charge in [-0.3, -0.25) is 0 Å². The average Bonchev–Trinajstić information content (AvgIpc) is 3.01. The minimum Gasteiger partial charge on any atom is -0.358 e. The largest absolute Gasteiger partial charge is 0.358 e. The normalized spacial score (nSPS) is 12.7. The minimum absolute atomic E-state index is 0.0337. The first-order valence-electron chi connectivity index (χ1n) is 6.27. The second-order valence-corrected chi connectivity index (χ2v) is 7.14. The van der Waals surface area contributed by atoms with Gasteiger partial charge < -0.3 is 10.1 Å². The summed E-state index contributed by atoms with van der Waals surface area (Å²) in [7, 11) is 0. The van der Waals surface area contributed by atoms with Gasteiger partial charge >= 0.3 is 5.82 Å². The van der Waals surface area contributed by atoms with Crippen LogP contribution in [0.1, 0.15) is 23.7 Å². The Kier molecular flexibility index (Phi) is 3.64. The second-order valence-electron chi connectivity index (χ2n) is 4.52. The van der Waals surface area contributed by atoms with Crippen LogP contribution in [-0.4, -0.2) is 19.9 Å². The van der Waals surface area contributed by atoms with Crippen molar-refractivity contribution in [3.63, 3.8) is 0 Å². The Balaban J connectivity index is 1.89. The summed E-state index contributed by atoms with van der Waals surface area (Å²) >= 11 is 3.07. The Bertz CT molecular complexity index is 778. The molecule has 0 amide bonds. The highest BCUT2D eigenvalue weighted by Crippen LogP contribution is 2.40. The number of aromatic amines is 1. The first kappa shape index (κ1) is 14.0. The maximum absolute atomic E-state index is 11.0. The molecule has 1 aromatic carbocycles. The fraction of sp³-hybridized carbons (Fsp3) is 0.231. The molecule has 3 rings (SSSR count). The Labute approximate surface area is 128 Å². The van der Waals surface area contributed by atoms with Gasteiger partial charge in [0.2, 0.25) is 0 Å². The summed E-state index contributed by atoms with van der Waals surface area (Å²) in [6.45, 7) is 3.62. The summed E-state index contributed by atoms with van der Waals surface area (Å²) in [5.41, 5.74) is 1.41. The highest BCUT2D eigenvalue weighted by atomic mass is 32.2. The summed E-state index contributed by atoms with van der Waals surface area (Å²) < 4.78 is 2.00. The molecule has 0 fully saturated rings. The predicted molar refractivity (Wildman–Crippen MR) is 83.9 cm³/mol. The Morgan fingerprint density at radius 1 is 1.38 bits per heavy atom. The molecule has 0 saturated heterocycles. The van der Waals surface area contributed by atoms with Crippen molar-refractivity contribution in [3.05, 3.63) is 45.9 Å². The van der Waals surface area contributed by atoms with Gasteiger partial charge in [-0.05, 0) is 24.0 Å². The van der Waals surface area contributed by atoms with Crippen LogP contribution >= 0.6 is 23.1 Å². The second kappa shape index (κ2) is 5.45. The van der Waals surface area contributed by atoms with Crippen LogP contribution in [0.15, 0.2) is 28.6 Å². The van der Waals surface area contributed by atoms with Crippen LogP contribution < -0.4 is 0 Å². The van der Waals surface area contributed by atoms with Gasteiger partial charge in [0.25, 0.3) is 0 Å². The molecule has 0 saturated carbocycles. The van der Waals surface area contributed by atoms with E-state index < -0.39 is 4.92 Å². The van der Waals surface area contributed by atoms with Gasteiger partial charge in [-0.2, -0.15) is 0 Å². The molecule has 0 aliphatic heterocycles. The predicted octanol–water partition coefficient (Wildman–Crippen LogP) is 4.09. The average molecular weight is 320 g/mol. The van der Waals surface area contributed by atoms with E-state index in [-0.39, 0.29) is 11.1 Å². The zero-order valence-electron chi connectivity index (χ0n) is 11.4. The van der Waals surface area contributed by atoms with Crippen molar-refractivity contribution in [2.75, 3.05) is 0 Å². The van der Waals surface area contributed by atoms with Crippen LogP contribution in [0, 0.1) is 17.0 Å². The van der Waals surface area contributed by atoms with Gasteiger partial charge in [-0.15, -0.1) is 11.3 Å². The summed E-state index contributed by atoms with van der Waals surface area (Å²) in [5, 5.41) is 10.9. The van der Waals surface area contributed by atoms with Crippen molar-refractivity contribution in [2.45, 2.75) is 23.4 Å². The molecule has 0 spiro atoms. The van der Waals surface area contributed by atoms with Crippen molar-refractivity contribution in [2.24, 2.45) is 0 Å². The van der Waals surface area contributed by atoms with E-state index in [1.165, 1.54) is 11.8 Å². The molecule has 0 aliphatic rings. The molecule has 1 atom stereocenters. The number of benzene rings is 1. The van der Waals surface area contributed by atoms with E-state index in [1.54, 1.807) is 18.3 Å². The first-order valence-corrected chi connectivity index (χ1v) is 7.97. The number of fused-ring (bicyclic) bond motifs is 1. The lowest BCUT2D eigenvalue weighted by Gasteiger charge is -2.05. The van der Waals surface area contributed by atoms with Crippen molar-refractivity contribution >= 4 is 39.1 Å². The van der Waals surface area contributed by atoms with Crippen LogP contribution in [0.2, 0.25) is 0 Å². The lowest BCUT2D eigenvalue weighted by molar-refractivity contribution is -0.390. The number of nitrogens with one attached hydrogen (secondary N) is 1. The smallest absolute Gasteiger partial charge is 0.345 e. The Hall–Kier alpha value is -1.93. The lowest BCUT2D eigenvalue weighted by Crippen LogP contribution is -1.96. The lowest BCUT2D eigenvalue weighted by atomic mass is 10.3. The van der Waals surface area contributed by atoms with Crippen LogP contribution in [0.4, 0.5) is 5.82 Å². The third-order valence-electron chi connectivity index (χ3n) is 2.95. The molecule has 108 valence electrons. The number of H-pyrrole nitrogens is 1. The highest BCUT2D eigenvalue weighted by Gasteiger charge is 2.24. The van der Waals surface area contributed by atoms with Crippen LogP contribution in [0.5, 0.6) is 0 Å². The van der Waals surface area contributed by atoms with Gasteiger partial charge in [0.1, 0.15) is 0 Å². The summed E-state index contributed by atoms with van der Waals surface area (Å²) in [6.07, 6.45) is 0. The minimum atomic E-state index is -0.426. The maximum Gasteiger partial charge on any atom is 0.345 e. The number of aromatic nitrogens is 3. The Morgan fingerprint density at radius 2 is 2.14 bits per heavy atom. The van der Waals surface area contributed by atoms with E-state index in [1.807, 2.05) is 31.2 Å². The molecule has 2 aromatic heterocycles. The fourth-order valence-corrected chi connectivity index (χ4v) is 4.35. The van der Waals surface area contributed by atoms with Gasteiger partial charge in [-0.25, -0.2) is 15.0 Å². The molecule has 3 aromatic rings. The van der Waals surface area contributed by atoms with Crippen LogP contribution in [0.3, 0.4) is 0 Å². The monoisotopic (exact) mass is 320 g/mol. The SMILES string of the molecule is Cc1nc(C(C)Sc2nc3ccccc3s2)c([N+](=O)[O-])[nH]1. The molecular weight excluding hydrogens is 308 g/mol. The van der Waals surface area contributed by atoms with E-state index in [4.69, 9.17) is 0 Å². The topological polar surface area (TPSA) is 84.7 Å². The van der Waals surface area contributed by atoms with Crippen molar-refractivity contribution in [3.8, 4) is 0 Å². The molecule has 0 bridgehead atoms. The van der Waals surface area contributed by atoms with E-state index >= 15 is 0 Å². The van der Waals surface area contributed by atoms with Crippen molar-refractivity contribution in [1.29, 1.82) is 0 Å². The number of nitrogens with zero attached hydrogens (tertiary/aromatic N) is 3. The number of hydrogen-bond donors (Lipinski definition) is 1. The van der Waals surface area contributed by atoms with E-state index in [9.17, 15) is 10.1 Å². The number of nitro groups is 1. The molecular formula is C13H12N4O2S2.